The minimum atomic E-state index is -0.267. The number of carbonyl (C=O) groups excluding carboxylic acids is 2. The third-order valence-corrected chi connectivity index (χ3v) is 4.35. The second-order valence-electron chi connectivity index (χ2n) is 6.54. The average molecular weight is 372 g/mol. The molecule has 0 aliphatic rings. The van der Waals surface area contributed by atoms with E-state index in [9.17, 15) is 14.0 Å². The van der Waals surface area contributed by atoms with Gasteiger partial charge in [0.15, 0.2) is 6.54 Å². The monoisotopic (exact) mass is 372 g/mol. The molecule has 0 saturated heterocycles. The van der Waals surface area contributed by atoms with E-state index in [1.54, 1.807) is 41.3 Å². The van der Waals surface area contributed by atoms with Crippen molar-refractivity contribution in [1.29, 1.82) is 0 Å². The molecule has 0 bridgehead atoms. The lowest BCUT2D eigenvalue weighted by Crippen LogP contribution is -3.08. The summed E-state index contributed by atoms with van der Waals surface area (Å²) in [6, 6.07) is 13.2. The van der Waals surface area contributed by atoms with Crippen molar-refractivity contribution in [3.8, 4) is 0 Å². The molecule has 0 aliphatic heterocycles. The van der Waals surface area contributed by atoms with E-state index in [4.69, 9.17) is 0 Å². The van der Waals surface area contributed by atoms with Gasteiger partial charge in [-0.25, -0.2) is 4.39 Å². The van der Waals surface area contributed by atoms with E-state index in [2.05, 4.69) is 5.32 Å². The van der Waals surface area contributed by atoms with E-state index in [0.29, 0.717) is 30.9 Å². The molecule has 0 spiro atoms. The first-order valence-corrected chi connectivity index (χ1v) is 9.17. The number of halogens is 1. The number of amides is 2. The van der Waals surface area contributed by atoms with Crippen molar-refractivity contribution in [2.24, 2.45) is 0 Å². The van der Waals surface area contributed by atoms with Crippen molar-refractivity contribution in [2.75, 3.05) is 32.0 Å². The predicted octanol–water partition coefficient (Wildman–Crippen LogP) is 1.96. The fourth-order valence-corrected chi connectivity index (χ4v) is 2.88. The lowest BCUT2D eigenvalue weighted by Gasteiger charge is -2.18. The number of likely N-dealkylation sites (N-methyl/N-ethyl adjacent to an activating group) is 1. The van der Waals surface area contributed by atoms with Crippen molar-refractivity contribution in [2.45, 2.75) is 20.4 Å². The number of nitrogens with zero attached hydrogens (tertiary/aromatic N) is 1. The van der Waals surface area contributed by atoms with Gasteiger partial charge in [0.25, 0.3) is 11.8 Å². The van der Waals surface area contributed by atoms with Crippen molar-refractivity contribution in [3.05, 3.63) is 65.5 Å². The van der Waals surface area contributed by atoms with Crippen LogP contribution in [-0.2, 0) is 11.3 Å². The standard InChI is InChI=1S/C21H26FN3O2/c1-4-25(5-2)21(27)17-8-12-19(13-9-17)23-20(26)15-24(3)14-16-6-10-18(22)11-7-16/h6-13H,4-5,14-15H2,1-3H3,(H,23,26)/p+1. The molecule has 1 atom stereocenters. The average Bonchev–Trinajstić information content (AvgIpc) is 2.65. The molecule has 2 aromatic carbocycles. The van der Waals surface area contributed by atoms with Crippen LogP contribution >= 0.6 is 0 Å². The third-order valence-electron chi connectivity index (χ3n) is 4.35. The Bertz CT molecular complexity index is 756. The van der Waals surface area contributed by atoms with Crippen molar-refractivity contribution >= 4 is 17.5 Å². The Labute approximate surface area is 159 Å². The van der Waals surface area contributed by atoms with E-state index in [1.807, 2.05) is 20.9 Å². The third kappa shape index (κ3) is 6.18. The van der Waals surface area contributed by atoms with Gasteiger partial charge in [-0.1, -0.05) is 12.1 Å². The molecule has 0 heterocycles. The molecule has 1 unspecified atom stereocenters. The summed E-state index contributed by atoms with van der Waals surface area (Å²) in [5.74, 6) is -0.393. The summed E-state index contributed by atoms with van der Waals surface area (Å²) in [7, 11) is 1.91. The first-order chi connectivity index (χ1) is 12.9. The van der Waals surface area contributed by atoms with Gasteiger partial charge in [0.1, 0.15) is 12.4 Å². The summed E-state index contributed by atoms with van der Waals surface area (Å²) < 4.78 is 12.9. The Morgan fingerprint density at radius 3 is 2.15 bits per heavy atom. The molecule has 0 radical (unpaired) electrons. The summed E-state index contributed by atoms with van der Waals surface area (Å²) >= 11 is 0. The summed E-state index contributed by atoms with van der Waals surface area (Å²) in [6.07, 6.45) is 0. The first-order valence-electron chi connectivity index (χ1n) is 9.17. The predicted molar refractivity (Wildman–Crippen MR) is 104 cm³/mol. The molecular formula is C21H27FN3O2+. The Balaban J connectivity index is 1.88. The molecule has 2 aromatic rings. The SMILES string of the molecule is CCN(CC)C(=O)c1ccc(NC(=O)C[NH+](C)Cc2ccc(F)cc2)cc1. The minimum absolute atomic E-state index is 0.0126. The van der Waals surface area contributed by atoms with E-state index in [-0.39, 0.29) is 24.2 Å². The highest BCUT2D eigenvalue weighted by atomic mass is 19.1. The lowest BCUT2D eigenvalue weighted by atomic mass is 10.1. The molecule has 0 aromatic heterocycles. The molecule has 2 amide bonds. The van der Waals surface area contributed by atoms with Gasteiger partial charge in [-0.15, -0.1) is 0 Å². The van der Waals surface area contributed by atoms with Crippen LogP contribution in [0.4, 0.5) is 10.1 Å². The zero-order valence-corrected chi connectivity index (χ0v) is 16.1. The van der Waals surface area contributed by atoms with Crippen molar-refractivity contribution in [1.82, 2.24) is 4.90 Å². The number of nitrogens with one attached hydrogen (secondary N) is 2. The maximum atomic E-state index is 12.9. The van der Waals surface area contributed by atoms with E-state index >= 15 is 0 Å². The van der Waals surface area contributed by atoms with Crippen LogP contribution in [-0.4, -0.2) is 43.4 Å². The fourth-order valence-electron chi connectivity index (χ4n) is 2.88. The van der Waals surface area contributed by atoms with Gasteiger partial charge in [0.05, 0.1) is 7.05 Å². The molecule has 0 aliphatic carbocycles. The molecule has 2 rings (SSSR count). The number of carbonyl (C=O) groups is 2. The van der Waals surface area contributed by atoms with Crippen molar-refractivity contribution < 1.29 is 18.9 Å². The van der Waals surface area contributed by atoms with Crippen LogP contribution in [0.15, 0.2) is 48.5 Å². The fraction of sp³-hybridized carbons (Fsp3) is 0.333. The van der Waals surface area contributed by atoms with Crippen LogP contribution in [0.3, 0.4) is 0 Å². The zero-order valence-electron chi connectivity index (χ0n) is 16.1. The largest absolute Gasteiger partial charge is 0.339 e. The van der Waals surface area contributed by atoms with Gasteiger partial charge in [-0.05, 0) is 50.2 Å². The number of hydrogen-bond donors (Lipinski definition) is 2. The smallest absolute Gasteiger partial charge is 0.279 e. The second-order valence-corrected chi connectivity index (χ2v) is 6.54. The maximum absolute atomic E-state index is 12.9. The normalized spacial score (nSPS) is 11.7. The molecule has 6 heteroatoms. The Morgan fingerprint density at radius 2 is 1.59 bits per heavy atom. The Hall–Kier alpha value is -2.73. The molecule has 144 valence electrons. The molecule has 0 fully saturated rings. The van der Waals surface area contributed by atoms with Crippen LogP contribution in [0.2, 0.25) is 0 Å². The van der Waals surface area contributed by atoms with Gasteiger partial charge in [0, 0.05) is 29.9 Å². The molecule has 27 heavy (non-hydrogen) atoms. The van der Waals surface area contributed by atoms with Gasteiger partial charge in [-0.3, -0.25) is 9.59 Å². The number of hydrogen-bond acceptors (Lipinski definition) is 2. The van der Waals surface area contributed by atoms with Crippen LogP contribution < -0.4 is 10.2 Å². The van der Waals surface area contributed by atoms with Crippen LogP contribution in [0.5, 0.6) is 0 Å². The Morgan fingerprint density at radius 1 is 1.00 bits per heavy atom. The van der Waals surface area contributed by atoms with E-state index in [1.165, 1.54) is 12.1 Å². The summed E-state index contributed by atoms with van der Waals surface area (Å²) in [4.78, 5) is 27.3. The quantitative estimate of drug-likeness (QED) is 0.744. The van der Waals surface area contributed by atoms with E-state index in [0.717, 1.165) is 10.5 Å². The number of quaternary nitrogens is 1. The van der Waals surface area contributed by atoms with Crippen LogP contribution in [0.25, 0.3) is 0 Å². The van der Waals surface area contributed by atoms with Gasteiger partial charge in [-0.2, -0.15) is 0 Å². The van der Waals surface area contributed by atoms with Gasteiger partial charge in [0.2, 0.25) is 0 Å². The van der Waals surface area contributed by atoms with Crippen molar-refractivity contribution in [3.63, 3.8) is 0 Å². The Kier molecular flexibility index (Phi) is 7.49. The lowest BCUT2D eigenvalue weighted by molar-refractivity contribution is -0.885. The summed E-state index contributed by atoms with van der Waals surface area (Å²) in [6.45, 7) is 6.14. The molecule has 2 N–H and O–H groups in total. The topological polar surface area (TPSA) is 53.9 Å². The molecular weight excluding hydrogens is 345 g/mol. The number of anilines is 1. The zero-order chi connectivity index (χ0) is 19.8. The summed E-state index contributed by atoms with van der Waals surface area (Å²) in [5.41, 5.74) is 2.24. The van der Waals surface area contributed by atoms with Gasteiger partial charge >= 0.3 is 0 Å². The maximum Gasteiger partial charge on any atom is 0.279 e. The number of benzene rings is 2. The van der Waals surface area contributed by atoms with Gasteiger partial charge < -0.3 is 15.1 Å². The van der Waals surface area contributed by atoms with Crippen LogP contribution in [0.1, 0.15) is 29.8 Å². The van der Waals surface area contributed by atoms with E-state index < -0.39 is 0 Å². The molecule has 5 nitrogen and oxygen atoms in total. The number of rotatable bonds is 8. The second kappa shape index (κ2) is 9.83. The first kappa shape index (κ1) is 20.6. The highest BCUT2D eigenvalue weighted by Crippen LogP contribution is 2.11. The minimum Gasteiger partial charge on any atom is -0.339 e. The highest BCUT2D eigenvalue weighted by molar-refractivity contribution is 5.96. The van der Waals surface area contributed by atoms with Crippen LogP contribution in [0, 0.1) is 5.82 Å². The highest BCUT2D eigenvalue weighted by Gasteiger charge is 2.14. The summed E-state index contributed by atoms with van der Waals surface area (Å²) in [5, 5.41) is 2.85. The molecule has 0 saturated carbocycles.